The highest BCUT2D eigenvalue weighted by Gasteiger charge is 2.24. The van der Waals surface area contributed by atoms with Crippen molar-refractivity contribution in [1.82, 2.24) is 3.97 Å². The van der Waals surface area contributed by atoms with Crippen LogP contribution < -0.4 is 0 Å². The number of hydrogen-bond acceptors (Lipinski definition) is 3. The molecular weight excluding hydrogens is 298 g/mol. The molecule has 2 aromatic heterocycles. The van der Waals surface area contributed by atoms with Crippen LogP contribution in [-0.2, 0) is 10.0 Å². The molecular formula is C17H13NO3S. The SMILES string of the molecule is Cc1occ2c1c1ccccc1n2S(=O)(=O)c1ccccc1. The highest BCUT2D eigenvalue weighted by atomic mass is 32.2. The molecule has 0 bridgehead atoms. The van der Waals surface area contributed by atoms with Gasteiger partial charge in [0.05, 0.1) is 10.4 Å². The third-order valence-electron chi connectivity index (χ3n) is 3.85. The summed E-state index contributed by atoms with van der Waals surface area (Å²) in [5.41, 5.74) is 1.23. The standard InChI is InChI=1S/C17H13NO3S/c1-12-17-14-9-5-6-10-15(14)18(16(17)11-21-12)22(19,20)13-7-3-2-4-8-13/h2-11H,1H3. The summed E-state index contributed by atoms with van der Waals surface area (Å²) in [4.78, 5) is 0.261. The molecule has 0 aliphatic heterocycles. The Labute approximate surface area is 127 Å². The first-order valence-electron chi connectivity index (χ1n) is 6.88. The second kappa shape index (κ2) is 4.48. The van der Waals surface area contributed by atoms with Crippen molar-refractivity contribution in [2.45, 2.75) is 11.8 Å². The van der Waals surface area contributed by atoms with Crippen LogP contribution in [0.25, 0.3) is 21.8 Å². The van der Waals surface area contributed by atoms with Crippen molar-refractivity contribution in [3.63, 3.8) is 0 Å². The molecule has 0 fully saturated rings. The summed E-state index contributed by atoms with van der Waals surface area (Å²) in [6.45, 7) is 1.84. The molecule has 0 aliphatic carbocycles. The maximum Gasteiger partial charge on any atom is 0.268 e. The second-order valence-electron chi connectivity index (χ2n) is 5.15. The molecule has 0 aliphatic rings. The van der Waals surface area contributed by atoms with Gasteiger partial charge in [-0.3, -0.25) is 0 Å². The zero-order valence-electron chi connectivity index (χ0n) is 11.9. The molecule has 0 atom stereocenters. The summed E-state index contributed by atoms with van der Waals surface area (Å²) < 4.78 is 32.9. The molecule has 2 aromatic carbocycles. The van der Waals surface area contributed by atoms with Gasteiger partial charge in [0, 0.05) is 10.8 Å². The van der Waals surface area contributed by atoms with E-state index in [2.05, 4.69) is 0 Å². The highest BCUT2D eigenvalue weighted by Crippen LogP contribution is 2.35. The van der Waals surface area contributed by atoms with Crippen LogP contribution in [0.15, 0.2) is 70.2 Å². The van der Waals surface area contributed by atoms with Crippen molar-refractivity contribution in [2.75, 3.05) is 0 Å². The largest absolute Gasteiger partial charge is 0.467 e. The number of furan rings is 1. The third kappa shape index (κ3) is 1.66. The van der Waals surface area contributed by atoms with Crippen molar-refractivity contribution < 1.29 is 12.8 Å². The van der Waals surface area contributed by atoms with Gasteiger partial charge in [-0.15, -0.1) is 0 Å². The number of nitrogens with zero attached hydrogens (tertiary/aromatic N) is 1. The summed E-state index contributed by atoms with van der Waals surface area (Å²) in [5.74, 6) is 0.716. The lowest BCUT2D eigenvalue weighted by molar-refractivity contribution is 0.538. The molecule has 0 saturated carbocycles. The molecule has 5 heteroatoms. The maximum absolute atomic E-state index is 13.1. The van der Waals surface area contributed by atoms with Crippen LogP contribution >= 0.6 is 0 Å². The zero-order valence-corrected chi connectivity index (χ0v) is 12.7. The van der Waals surface area contributed by atoms with Crippen molar-refractivity contribution in [3.8, 4) is 0 Å². The molecule has 0 unspecified atom stereocenters. The smallest absolute Gasteiger partial charge is 0.268 e. The maximum atomic E-state index is 13.1. The monoisotopic (exact) mass is 311 g/mol. The van der Waals surface area contributed by atoms with E-state index in [4.69, 9.17) is 4.42 Å². The Bertz CT molecular complexity index is 1090. The first kappa shape index (κ1) is 13.2. The summed E-state index contributed by atoms with van der Waals surface area (Å²) in [6, 6.07) is 15.9. The Balaban J connectivity index is 2.18. The van der Waals surface area contributed by atoms with Crippen LogP contribution in [0, 0.1) is 6.92 Å². The first-order valence-corrected chi connectivity index (χ1v) is 8.32. The molecule has 4 aromatic rings. The van der Waals surface area contributed by atoms with Crippen molar-refractivity contribution >= 4 is 31.8 Å². The minimum Gasteiger partial charge on any atom is -0.467 e. The van der Waals surface area contributed by atoms with E-state index >= 15 is 0 Å². The first-order chi connectivity index (χ1) is 10.6. The zero-order chi connectivity index (χ0) is 15.3. The van der Waals surface area contributed by atoms with E-state index in [9.17, 15) is 8.42 Å². The molecule has 2 heterocycles. The van der Waals surface area contributed by atoms with E-state index in [1.165, 1.54) is 10.2 Å². The number of rotatable bonds is 2. The van der Waals surface area contributed by atoms with Crippen LogP contribution in [0.5, 0.6) is 0 Å². The molecule has 0 spiro atoms. The molecule has 110 valence electrons. The lowest BCUT2D eigenvalue weighted by Crippen LogP contribution is -2.12. The molecule has 0 saturated heterocycles. The number of para-hydroxylation sites is 1. The van der Waals surface area contributed by atoms with Gasteiger partial charge in [0.25, 0.3) is 10.0 Å². The fourth-order valence-corrected chi connectivity index (χ4v) is 4.39. The normalized spacial score (nSPS) is 12.2. The molecule has 0 N–H and O–H groups in total. The Morgan fingerprint density at radius 1 is 0.909 bits per heavy atom. The summed E-state index contributed by atoms with van der Waals surface area (Å²) in [5, 5.41) is 1.72. The molecule has 0 amide bonds. The van der Waals surface area contributed by atoms with Gasteiger partial charge in [0.2, 0.25) is 0 Å². The van der Waals surface area contributed by atoms with Gasteiger partial charge >= 0.3 is 0 Å². The van der Waals surface area contributed by atoms with Gasteiger partial charge < -0.3 is 4.42 Å². The summed E-state index contributed by atoms with van der Waals surface area (Å²) in [7, 11) is -3.68. The third-order valence-corrected chi connectivity index (χ3v) is 5.59. The highest BCUT2D eigenvalue weighted by molar-refractivity contribution is 7.90. The van der Waals surface area contributed by atoms with Crippen molar-refractivity contribution in [3.05, 3.63) is 66.6 Å². The van der Waals surface area contributed by atoms with Gasteiger partial charge in [0.15, 0.2) is 0 Å². The lowest BCUT2D eigenvalue weighted by Gasteiger charge is -2.08. The summed E-state index contributed by atoms with van der Waals surface area (Å²) in [6.07, 6.45) is 1.51. The van der Waals surface area contributed by atoms with Crippen LogP contribution in [0.4, 0.5) is 0 Å². The minimum absolute atomic E-state index is 0.261. The Kier molecular flexibility index (Phi) is 2.68. The minimum atomic E-state index is -3.68. The van der Waals surface area contributed by atoms with E-state index in [1.54, 1.807) is 30.3 Å². The van der Waals surface area contributed by atoms with Crippen molar-refractivity contribution in [1.29, 1.82) is 0 Å². The molecule has 22 heavy (non-hydrogen) atoms. The topological polar surface area (TPSA) is 52.2 Å². The Morgan fingerprint density at radius 3 is 2.36 bits per heavy atom. The average Bonchev–Trinajstić information content (AvgIpc) is 3.06. The van der Waals surface area contributed by atoms with Crippen LogP contribution in [0.3, 0.4) is 0 Å². The number of benzene rings is 2. The van der Waals surface area contributed by atoms with Gasteiger partial charge in [-0.25, -0.2) is 12.4 Å². The number of fused-ring (bicyclic) bond motifs is 3. The molecule has 4 nitrogen and oxygen atoms in total. The lowest BCUT2D eigenvalue weighted by atomic mass is 10.2. The number of aryl methyl sites for hydroxylation is 1. The van der Waals surface area contributed by atoms with Gasteiger partial charge in [-0.1, -0.05) is 36.4 Å². The predicted molar refractivity (Wildman–Crippen MR) is 85.5 cm³/mol. The quantitative estimate of drug-likeness (QED) is 0.563. The average molecular weight is 311 g/mol. The van der Waals surface area contributed by atoms with Crippen molar-refractivity contribution in [2.24, 2.45) is 0 Å². The fourth-order valence-electron chi connectivity index (χ4n) is 2.87. The second-order valence-corrected chi connectivity index (χ2v) is 6.94. The molecule has 0 radical (unpaired) electrons. The number of aromatic nitrogens is 1. The van der Waals surface area contributed by atoms with Crippen LogP contribution in [-0.4, -0.2) is 12.4 Å². The predicted octanol–water partition coefficient (Wildman–Crippen LogP) is 3.93. The number of hydrogen-bond donors (Lipinski definition) is 0. The fraction of sp³-hybridized carbons (Fsp3) is 0.0588. The van der Waals surface area contributed by atoms with E-state index in [0.717, 1.165) is 10.8 Å². The van der Waals surface area contributed by atoms with Crippen LogP contribution in [0.1, 0.15) is 5.76 Å². The van der Waals surface area contributed by atoms with E-state index in [0.29, 0.717) is 16.8 Å². The van der Waals surface area contributed by atoms with Gasteiger partial charge in [-0.2, -0.15) is 0 Å². The van der Waals surface area contributed by atoms with Gasteiger partial charge in [-0.05, 0) is 25.1 Å². The van der Waals surface area contributed by atoms with E-state index in [1.807, 2.05) is 31.2 Å². The Morgan fingerprint density at radius 2 is 1.59 bits per heavy atom. The van der Waals surface area contributed by atoms with E-state index < -0.39 is 10.0 Å². The molecule has 4 rings (SSSR count). The Hall–Kier alpha value is -2.53. The van der Waals surface area contributed by atoms with E-state index in [-0.39, 0.29) is 4.90 Å². The summed E-state index contributed by atoms with van der Waals surface area (Å²) >= 11 is 0. The van der Waals surface area contributed by atoms with Gasteiger partial charge in [0.1, 0.15) is 17.5 Å². The van der Waals surface area contributed by atoms with Crippen LogP contribution in [0.2, 0.25) is 0 Å².